The maximum absolute atomic E-state index is 14.4. The molecule has 3 rings (SSSR count). The van der Waals surface area contributed by atoms with Gasteiger partial charge in [0.05, 0.1) is 58.0 Å². The summed E-state index contributed by atoms with van der Waals surface area (Å²) in [5.41, 5.74) is 0. The van der Waals surface area contributed by atoms with Crippen molar-refractivity contribution in [3.63, 3.8) is 0 Å². The number of nitrogens with zero attached hydrogens (tertiary/aromatic N) is 1. The molecule has 13 N–H and O–H groups in total. The normalized spacial score (nSPS) is 29.1. The third-order valence-corrected chi connectivity index (χ3v) is 14.4. The summed E-state index contributed by atoms with van der Waals surface area (Å²) in [6.07, 6.45) is -8.42. The summed E-state index contributed by atoms with van der Waals surface area (Å²) in [5, 5.41) is 101. The first-order valence-corrected chi connectivity index (χ1v) is 28.6. The van der Waals surface area contributed by atoms with Gasteiger partial charge in [-0.15, -0.1) is 0 Å². The molecule has 0 aromatic heterocycles. The Bertz CT molecular complexity index is 1680. The summed E-state index contributed by atoms with van der Waals surface area (Å²) in [7, 11) is 0. The van der Waals surface area contributed by atoms with E-state index in [9.17, 15) is 69.9 Å². The van der Waals surface area contributed by atoms with Crippen molar-refractivity contribution in [2.24, 2.45) is 17.8 Å². The van der Waals surface area contributed by atoms with E-state index in [1.165, 1.54) is 4.90 Å². The molecule has 0 aromatic carbocycles. The fourth-order valence-electron chi connectivity index (χ4n) is 9.23. The van der Waals surface area contributed by atoms with Crippen LogP contribution >= 0.6 is 0 Å². The van der Waals surface area contributed by atoms with Gasteiger partial charge in [-0.25, -0.2) is 0 Å². The van der Waals surface area contributed by atoms with E-state index in [1.807, 2.05) is 6.92 Å². The van der Waals surface area contributed by atoms with Crippen LogP contribution in [0.25, 0.3) is 0 Å². The van der Waals surface area contributed by atoms with Gasteiger partial charge in [-0.1, -0.05) is 20.8 Å². The van der Waals surface area contributed by atoms with Crippen LogP contribution in [0.15, 0.2) is 0 Å². The average Bonchev–Trinajstić information content (AvgIpc) is 3.48. The lowest BCUT2D eigenvalue weighted by atomic mass is 9.92. The number of unbranched alkanes of at least 4 members (excludes halogenated alkanes) is 4. The monoisotopic (exact) mass is 1160 g/mol. The molecule has 3 aliphatic rings. The molecule has 16 unspecified atom stereocenters. The lowest BCUT2D eigenvalue weighted by molar-refractivity contribution is -0.282. The van der Waals surface area contributed by atoms with Gasteiger partial charge in [-0.3, -0.25) is 24.0 Å². The lowest BCUT2D eigenvalue weighted by Gasteiger charge is -2.40. The van der Waals surface area contributed by atoms with E-state index in [0.29, 0.717) is 71.1 Å². The van der Waals surface area contributed by atoms with Crippen LogP contribution in [-0.4, -0.2) is 259 Å². The van der Waals surface area contributed by atoms with E-state index in [4.69, 9.17) is 37.9 Å². The first kappa shape index (κ1) is 70.9. The van der Waals surface area contributed by atoms with Gasteiger partial charge in [-0.2, -0.15) is 0 Å². The number of aliphatic hydroxyl groups excluding tert-OH is 9. The summed E-state index contributed by atoms with van der Waals surface area (Å²) in [6.45, 7) is 7.62. The molecule has 3 aliphatic heterocycles. The number of hydrogen-bond acceptors (Lipinski definition) is 22. The number of carbonyl (C=O) groups is 5. The van der Waals surface area contributed by atoms with Gasteiger partial charge in [0.25, 0.3) is 0 Å². The van der Waals surface area contributed by atoms with Crippen LogP contribution in [0, 0.1) is 17.8 Å². The molecular weight excluding hydrogens is 1060 g/mol. The molecule has 3 heterocycles. The zero-order chi connectivity index (χ0) is 59.0. The van der Waals surface area contributed by atoms with E-state index in [0.717, 1.165) is 0 Å². The van der Waals surface area contributed by atoms with Gasteiger partial charge in [0, 0.05) is 103 Å². The Hall–Kier alpha value is -3.33. The molecule has 0 spiro atoms. The summed E-state index contributed by atoms with van der Waals surface area (Å²) in [6, 6.07) is -1.01. The first-order chi connectivity index (χ1) is 38.4. The van der Waals surface area contributed by atoms with E-state index < -0.39 is 129 Å². The van der Waals surface area contributed by atoms with E-state index in [-0.39, 0.29) is 109 Å². The van der Waals surface area contributed by atoms with Crippen LogP contribution < -0.4 is 21.3 Å². The summed E-state index contributed by atoms with van der Waals surface area (Å²) in [5.74, 6) is -3.33. The molecule has 466 valence electrons. The van der Waals surface area contributed by atoms with Crippen molar-refractivity contribution in [1.82, 2.24) is 26.2 Å². The Morgan fingerprint density at radius 3 is 1.24 bits per heavy atom. The van der Waals surface area contributed by atoms with Gasteiger partial charge < -0.3 is 110 Å². The number of hydrogen-bond donors (Lipinski definition) is 13. The fraction of sp³-hybridized carbons (Fsp3) is 0.906. The Labute approximate surface area is 470 Å². The number of ether oxygens (including phenoxy) is 8. The van der Waals surface area contributed by atoms with Gasteiger partial charge in [0.15, 0.2) is 18.9 Å². The van der Waals surface area contributed by atoms with Gasteiger partial charge in [0.2, 0.25) is 29.5 Å². The standard InChI is InChI=1S/C53H97N5O22/c1-5-73-28-29-74-27-18-43(65)57-36(14-6-10-19-54-40(62)15-7-11-24-75-51-33(2)44(66)47(69)37(30-59)78-51)50(72)58(22-20-55-41(63)16-8-12-25-76-52-34(3)45(67)48(70)38(31-60)79-52)23-21-56-42(64)17-9-13-26-77-53-35(4)46(68)49(71)39(32-61)80-53/h33-39,44-49,51-53,59-61,66-71H,5-32H2,1-4H3,(H,54,62)(H,55,63)(H,56,64)(H,57,65). The molecule has 0 aliphatic carbocycles. The number of rotatable bonds is 41. The van der Waals surface area contributed by atoms with Crippen LogP contribution in [0.3, 0.4) is 0 Å². The first-order valence-electron chi connectivity index (χ1n) is 28.6. The quantitative estimate of drug-likeness (QED) is 0.0272. The van der Waals surface area contributed by atoms with E-state index >= 15 is 0 Å². The number of nitrogens with one attached hydrogen (secondary N) is 4. The third kappa shape index (κ3) is 25.3. The number of aliphatic hydroxyl groups is 9. The molecular formula is C53H97N5O22. The smallest absolute Gasteiger partial charge is 0.245 e. The van der Waals surface area contributed by atoms with Crippen LogP contribution in [0.4, 0.5) is 0 Å². The lowest BCUT2D eigenvalue weighted by Crippen LogP contribution is -2.55. The Balaban J connectivity index is 1.56. The maximum Gasteiger partial charge on any atom is 0.245 e. The van der Waals surface area contributed by atoms with Crippen LogP contribution in [0.1, 0.15) is 111 Å². The highest BCUT2D eigenvalue weighted by atomic mass is 16.7. The van der Waals surface area contributed by atoms with E-state index in [2.05, 4.69) is 21.3 Å². The highest BCUT2D eigenvalue weighted by Gasteiger charge is 2.44. The predicted molar refractivity (Wildman–Crippen MR) is 284 cm³/mol. The molecule has 27 nitrogen and oxygen atoms in total. The highest BCUT2D eigenvalue weighted by molar-refractivity contribution is 5.88. The minimum atomic E-state index is -1.25. The second kappa shape index (κ2) is 40.0. The van der Waals surface area contributed by atoms with Crippen LogP contribution in [-0.2, 0) is 61.9 Å². The Kier molecular flexibility index (Phi) is 35.5. The van der Waals surface area contributed by atoms with Crippen molar-refractivity contribution in [2.45, 2.75) is 191 Å². The molecule has 3 fully saturated rings. The molecule has 5 amide bonds. The SMILES string of the molecule is CCOCCOCCC(=O)NC(CCCCNC(=O)CCCCOC1OC(CO)C(O)C(O)C1C)C(=O)N(CCNC(=O)CCCCOC1OC(CO)C(O)C(O)C1C)CCNC(=O)CCCCOC1OC(CO)C(O)C(O)C1C. The summed E-state index contributed by atoms with van der Waals surface area (Å²) < 4.78 is 44.9. The Morgan fingerprint density at radius 2 is 0.850 bits per heavy atom. The highest BCUT2D eigenvalue weighted by Crippen LogP contribution is 2.29. The zero-order valence-corrected chi connectivity index (χ0v) is 47.3. The van der Waals surface area contributed by atoms with E-state index in [1.54, 1.807) is 20.8 Å². The van der Waals surface area contributed by atoms with Crippen molar-refractivity contribution < 1.29 is 108 Å². The molecule has 27 heteroatoms. The second-order valence-corrected chi connectivity index (χ2v) is 20.7. The molecule has 0 bridgehead atoms. The van der Waals surface area contributed by atoms with Crippen LogP contribution in [0.5, 0.6) is 0 Å². The molecule has 0 radical (unpaired) electrons. The van der Waals surface area contributed by atoms with Crippen molar-refractivity contribution in [3.05, 3.63) is 0 Å². The van der Waals surface area contributed by atoms with Gasteiger partial charge in [-0.05, 0) is 64.7 Å². The summed E-state index contributed by atoms with van der Waals surface area (Å²) >= 11 is 0. The van der Waals surface area contributed by atoms with Gasteiger partial charge >= 0.3 is 0 Å². The minimum absolute atomic E-state index is 0.0253. The largest absolute Gasteiger partial charge is 0.394 e. The third-order valence-electron chi connectivity index (χ3n) is 14.4. The minimum Gasteiger partial charge on any atom is -0.394 e. The van der Waals surface area contributed by atoms with Crippen LogP contribution in [0.2, 0.25) is 0 Å². The molecule has 80 heavy (non-hydrogen) atoms. The second-order valence-electron chi connectivity index (χ2n) is 20.7. The number of amides is 5. The molecule has 16 atom stereocenters. The summed E-state index contributed by atoms with van der Waals surface area (Å²) in [4.78, 5) is 67.8. The van der Waals surface area contributed by atoms with Crippen molar-refractivity contribution >= 4 is 29.5 Å². The fourth-order valence-corrected chi connectivity index (χ4v) is 9.23. The number of carbonyl (C=O) groups excluding carboxylic acids is 5. The molecule has 3 saturated heterocycles. The topological polar surface area (TPSA) is 393 Å². The van der Waals surface area contributed by atoms with Crippen molar-refractivity contribution in [1.29, 1.82) is 0 Å². The average molecular weight is 1160 g/mol. The Morgan fingerprint density at radius 1 is 0.463 bits per heavy atom. The zero-order valence-electron chi connectivity index (χ0n) is 47.3. The predicted octanol–water partition coefficient (Wildman–Crippen LogP) is -2.95. The molecule has 0 saturated carbocycles. The maximum atomic E-state index is 14.4. The van der Waals surface area contributed by atoms with Crippen molar-refractivity contribution in [2.75, 3.05) is 98.8 Å². The van der Waals surface area contributed by atoms with Crippen molar-refractivity contribution in [3.8, 4) is 0 Å². The van der Waals surface area contributed by atoms with Gasteiger partial charge in [0.1, 0.15) is 42.7 Å². The molecule has 0 aromatic rings.